The Kier molecular flexibility index (Phi) is 51.9. The lowest BCUT2D eigenvalue weighted by atomic mass is 9.97. The van der Waals surface area contributed by atoms with Gasteiger partial charge in [0, 0.05) is 6.42 Å². The Morgan fingerprint density at radius 3 is 1.26 bits per heavy atom. The molecule has 14 nitrogen and oxygen atoms in total. The van der Waals surface area contributed by atoms with E-state index in [1.165, 1.54) is 135 Å². The van der Waals surface area contributed by atoms with Crippen LogP contribution in [-0.2, 0) is 23.7 Å². The topological polar surface area (TPSA) is 228 Å². The Bertz CT molecular complexity index is 1880. The van der Waals surface area contributed by atoms with Gasteiger partial charge >= 0.3 is 0 Å². The normalized spacial score (nSPS) is 24.0. The van der Waals surface area contributed by atoms with Crippen LogP contribution in [0.1, 0.15) is 251 Å². The Morgan fingerprint density at radius 1 is 0.425 bits per heavy atom. The highest BCUT2D eigenvalue weighted by Gasteiger charge is 2.51. The summed E-state index contributed by atoms with van der Waals surface area (Å²) in [6.45, 7) is 2.65. The molecule has 0 spiro atoms. The fourth-order valence-corrected chi connectivity index (χ4v) is 10.7. The molecule has 0 aromatic heterocycles. The first-order valence-corrected chi connectivity index (χ1v) is 34.6. The van der Waals surface area contributed by atoms with Crippen LogP contribution in [0.4, 0.5) is 0 Å². The number of aliphatic hydroxyl groups excluding tert-OH is 8. The lowest BCUT2D eigenvalue weighted by Crippen LogP contribution is -2.65. The monoisotopic (exact) mass is 1220 g/mol. The third-order valence-electron chi connectivity index (χ3n) is 16.2. The van der Waals surface area contributed by atoms with E-state index in [9.17, 15) is 45.6 Å². The molecule has 0 aromatic carbocycles. The zero-order valence-electron chi connectivity index (χ0n) is 54.2. The Hall–Kier alpha value is -3.35. The van der Waals surface area contributed by atoms with Crippen molar-refractivity contribution in [3.8, 4) is 0 Å². The highest BCUT2D eigenvalue weighted by molar-refractivity contribution is 5.76. The molecule has 14 heteroatoms. The van der Waals surface area contributed by atoms with Crippen LogP contribution in [0.2, 0.25) is 0 Å². The molecule has 2 rings (SSSR count). The number of hydrogen-bond acceptors (Lipinski definition) is 13. The number of allylic oxidation sites excluding steroid dienone is 17. The average molecular weight is 1220 g/mol. The van der Waals surface area contributed by atoms with Crippen LogP contribution in [0.5, 0.6) is 0 Å². The number of carbonyl (C=O) groups is 1. The van der Waals surface area contributed by atoms with Gasteiger partial charge in [-0.1, -0.05) is 258 Å². The van der Waals surface area contributed by atoms with Crippen molar-refractivity contribution in [3.05, 3.63) is 109 Å². The number of hydrogen-bond donors (Lipinski definition) is 9. The molecule has 9 N–H and O–H groups in total. The summed E-state index contributed by atoms with van der Waals surface area (Å²) in [5.41, 5.74) is 0. The molecule has 0 aromatic rings. The Balaban J connectivity index is 1.62. The molecule has 87 heavy (non-hydrogen) atoms. The van der Waals surface area contributed by atoms with E-state index in [4.69, 9.17) is 18.9 Å². The molecule has 2 aliphatic heterocycles. The lowest BCUT2D eigenvalue weighted by Gasteiger charge is -2.46. The van der Waals surface area contributed by atoms with Crippen molar-refractivity contribution < 1.29 is 64.6 Å². The van der Waals surface area contributed by atoms with Crippen molar-refractivity contribution in [2.24, 2.45) is 0 Å². The predicted octanol–water partition coefficient (Wildman–Crippen LogP) is 14.0. The van der Waals surface area contributed by atoms with Crippen LogP contribution in [0.15, 0.2) is 109 Å². The van der Waals surface area contributed by atoms with Gasteiger partial charge < -0.3 is 65.1 Å². The van der Waals surface area contributed by atoms with Gasteiger partial charge in [-0.05, 0) is 96.3 Å². The number of carbonyl (C=O) groups excluding carboxylic acids is 1. The summed E-state index contributed by atoms with van der Waals surface area (Å²) in [5.74, 6) is -0.255. The standard InChI is InChI=1S/C73H125NO13/c1-3-5-7-9-11-13-15-17-19-21-22-23-24-25-26-27-28-29-30-31-32-33-34-35-36-37-38-39-40-41-43-45-47-49-51-53-55-57-65(78)74-61(62(77)56-54-52-50-48-46-44-42-20-18-16-14-12-10-8-6-4-2)60-84-72-70(83)68(81)71(64(59-76)86-72)87-73-69(82)67(80)66(79)63(58-75)85-73/h5,7,11,13,17-20,22-23,25-26,28-29,46,48,54,56,61-64,66-73,75-77,79-83H,3-4,6,8-10,12,14-16,21,24,27,30-45,47,49-53,55,57-60H2,1-2H3,(H,74,78)/b7-5-,13-11-,19-17-,20-18+,23-22-,26-25-,29-28-,48-46+,56-54+. The van der Waals surface area contributed by atoms with E-state index in [-0.39, 0.29) is 18.9 Å². The predicted molar refractivity (Wildman–Crippen MR) is 355 cm³/mol. The van der Waals surface area contributed by atoms with Gasteiger partial charge in [0.15, 0.2) is 12.6 Å². The second-order valence-electron chi connectivity index (χ2n) is 23.9. The molecule has 2 heterocycles. The van der Waals surface area contributed by atoms with E-state index in [2.05, 4.69) is 116 Å². The van der Waals surface area contributed by atoms with Crippen LogP contribution in [0, 0.1) is 0 Å². The zero-order valence-corrected chi connectivity index (χ0v) is 54.2. The van der Waals surface area contributed by atoms with Gasteiger partial charge in [-0.25, -0.2) is 0 Å². The maximum atomic E-state index is 13.3. The number of nitrogens with one attached hydrogen (secondary N) is 1. The molecule has 0 saturated carbocycles. The smallest absolute Gasteiger partial charge is 0.220 e. The van der Waals surface area contributed by atoms with Crippen LogP contribution in [0.25, 0.3) is 0 Å². The van der Waals surface area contributed by atoms with Crippen molar-refractivity contribution in [2.45, 2.75) is 325 Å². The Morgan fingerprint density at radius 2 is 0.805 bits per heavy atom. The summed E-state index contributed by atoms with van der Waals surface area (Å²) in [4.78, 5) is 13.3. The fourth-order valence-electron chi connectivity index (χ4n) is 10.7. The molecule has 2 saturated heterocycles. The van der Waals surface area contributed by atoms with E-state index in [1.54, 1.807) is 6.08 Å². The second kappa shape index (κ2) is 56.6. The molecule has 2 aliphatic rings. The molecule has 0 radical (unpaired) electrons. The molecular weight excluding hydrogens is 1100 g/mol. The number of ether oxygens (including phenoxy) is 4. The molecular formula is C73H125NO13. The van der Waals surface area contributed by atoms with Crippen molar-refractivity contribution in [1.82, 2.24) is 5.32 Å². The molecule has 12 atom stereocenters. The zero-order chi connectivity index (χ0) is 63.1. The molecule has 500 valence electrons. The van der Waals surface area contributed by atoms with Gasteiger partial charge in [0.25, 0.3) is 0 Å². The number of rotatable bonds is 55. The highest BCUT2D eigenvalue weighted by Crippen LogP contribution is 2.30. The van der Waals surface area contributed by atoms with Gasteiger partial charge in [-0.3, -0.25) is 4.79 Å². The van der Waals surface area contributed by atoms with Gasteiger partial charge in [-0.2, -0.15) is 0 Å². The van der Waals surface area contributed by atoms with Gasteiger partial charge in [0.05, 0.1) is 32.0 Å². The fraction of sp³-hybridized carbons (Fsp3) is 0.740. The summed E-state index contributed by atoms with van der Waals surface area (Å²) in [6, 6.07) is -0.943. The maximum absolute atomic E-state index is 13.3. The molecule has 0 aliphatic carbocycles. The summed E-state index contributed by atoms with van der Waals surface area (Å²) in [7, 11) is 0. The first kappa shape index (κ1) is 79.7. The van der Waals surface area contributed by atoms with Crippen molar-refractivity contribution >= 4 is 5.91 Å². The third-order valence-corrected chi connectivity index (χ3v) is 16.2. The largest absolute Gasteiger partial charge is 0.394 e. The SMILES string of the molecule is CC/C=C\C/C=C\C/C=C\C/C=C\C/C=C\C/C=C\CCCCCCCCCCCCCCCCCCCCC(=O)NC(COC1OC(CO)C(OC2OC(CO)C(O)C(O)C2O)C(O)C1O)C(O)/C=C/CC/C=C/CC/C=C/CCCCCCCC. The minimum Gasteiger partial charge on any atom is -0.394 e. The molecule has 2 fully saturated rings. The van der Waals surface area contributed by atoms with Gasteiger partial charge in [-0.15, -0.1) is 0 Å². The van der Waals surface area contributed by atoms with Crippen molar-refractivity contribution in [3.63, 3.8) is 0 Å². The van der Waals surface area contributed by atoms with Crippen LogP contribution in [0.3, 0.4) is 0 Å². The lowest BCUT2D eigenvalue weighted by molar-refractivity contribution is -0.359. The number of aliphatic hydroxyl groups is 8. The van der Waals surface area contributed by atoms with Crippen LogP contribution in [-0.4, -0.2) is 140 Å². The van der Waals surface area contributed by atoms with Gasteiger partial charge in [0.2, 0.25) is 5.91 Å². The molecule has 1 amide bonds. The second-order valence-corrected chi connectivity index (χ2v) is 23.9. The summed E-state index contributed by atoms with van der Waals surface area (Å²) >= 11 is 0. The first-order valence-electron chi connectivity index (χ1n) is 34.6. The number of unbranched alkanes of at least 4 members (excludes halogenated alkanes) is 26. The van der Waals surface area contributed by atoms with Crippen molar-refractivity contribution in [1.29, 1.82) is 0 Å². The van der Waals surface area contributed by atoms with Crippen molar-refractivity contribution in [2.75, 3.05) is 19.8 Å². The summed E-state index contributed by atoms with van der Waals surface area (Å²) in [5, 5.41) is 87.2. The highest BCUT2D eigenvalue weighted by atomic mass is 16.7. The van der Waals surface area contributed by atoms with Crippen LogP contribution >= 0.6 is 0 Å². The summed E-state index contributed by atoms with van der Waals surface area (Å²) < 4.78 is 22.8. The van der Waals surface area contributed by atoms with E-state index in [1.807, 2.05) is 6.08 Å². The minimum absolute atomic E-state index is 0.255. The summed E-state index contributed by atoms with van der Waals surface area (Å²) in [6.07, 6.45) is 64.4. The average Bonchev–Trinajstić information content (AvgIpc) is 2.36. The quantitative estimate of drug-likeness (QED) is 0.0204. The molecule has 0 bridgehead atoms. The van der Waals surface area contributed by atoms with Crippen LogP contribution < -0.4 is 5.32 Å². The third kappa shape index (κ3) is 40.9. The van der Waals surface area contributed by atoms with E-state index in [0.717, 1.165) is 83.5 Å². The Labute approximate surface area is 527 Å². The minimum atomic E-state index is -1.80. The number of amides is 1. The molecule has 12 unspecified atom stereocenters. The van der Waals surface area contributed by atoms with Gasteiger partial charge in [0.1, 0.15) is 48.8 Å². The first-order chi connectivity index (χ1) is 42.6. The van der Waals surface area contributed by atoms with E-state index in [0.29, 0.717) is 12.8 Å². The maximum Gasteiger partial charge on any atom is 0.220 e. The van der Waals surface area contributed by atoms with E-state index < -0.39 is 86.8 Å². The van der Waals surface area contributed by atoms with E-state index >= 15 is 0 Å².